The Morgan fingerprint density at radius 1 is 1.50 bits per heavy atom. The lowest BCUT2D eigenvalue weighted by Gasteiger charge is -2.09. The van der Waals surface area contributed by atoms with Crippen LogP contribution >= 0.6 is 0 Å². The third kappa shape index (κ3) is 3.59. The standard InChI is InChI=1S/C12H18FNOS/c1-3-9(2)7-16(15)8-10-5-4-6-11(14)12(10)13/h4-6,9H,3,7-8,14H2,1-2H3. The zero-order valence-electron chi connectivity index (χ0n) is 9.70. The molecule has 0 saturated carbocycles. The summed E-state index contributed by atoms with van der Waals surface area (Å²) in [6, 6.07) is 4.84. The predicted molar refractivity (Wildman–Crippen MR) is 67.0 cm³/mol. The largest absolute Gasteiger partial charge is 0.396 e. The van der Waals surface area contributed by atoms with Crippen molar-refractivity contribution in [3.63, 3.8) is 0 Å². The van der Waals surface area contributed by atoms with E-state index in [0.717, 1.165) is 6.42 Å². The van der Waals surface area contributed by atoms with Crippen LogP contribution in [0.4, 0.5) is 10.1 Å². The van der Waals surface area contributed by atoms with E-state index in [9.17, 15) is 8.60 Å². The van der Waals surface area contributed by atoms with E-state index in [1.165, 1.54) is 6.07 Å². The van der Waals surface area contributed by atoms with E-state index >= 15 is 0 Å². The molecule has 0 saturated heterocycles. The van der Waals surface area contributed by atoms with Crippen molar-refractivity contribution in [3.8, 4) is 0 Å². The van der Waals surface area contributed by atoms with Crippen molar-refractivity contribution in [2.24, 2.45) is 5.92 Å². The van der Waals surface area contributed by atoms with E-state index in [1.807, 2.05) is 6.92 Å². The van der Waals surface area contributed by atoms with Crippen LogP contribution in [-0.2, 0) is 16.6 Å². The van der Waals surface area contributed by atoms with Crippen LogP contribution in [-0.4, -0.2) is 9.96 Å². The lowest BCUT2D eigenvalue weighted by molar-refractivity contribution is 0.608. The van der Waals surface area contributed by atoms with Gasteiger partial charge < -0.3 is 5.73 Å². The number of rotatable bonds is 5. The minimum Gasteiger partial charge on any atom is -0.396 e. The number of anilines is 1. The molecule has 0 aliphatic rings. The second-order valence-electron chi connectivity index (χ2n) is 4.08. The zero-order valence-corrected chi connectivity index (χ0v) is 10.5. The minimum atomic E-state index is -1.02. The second-order valence-corrected chi connectivity index (χ2v) is 5.59. The molecule has 0 fully saturated rings. The first-order chi connectivity index (χ1) is 7.54. The molecule has 0 heterocycles. The zero-order chi connectivity index (χ0) is 12.1. The van der Waals surface area contributed by atoms with E-state index in [4.69, 9.17) is 5.73 Å². The van der Waals surface area contributed by atoms with Crippen LogP contribution in [0.3, 0.4) is 0 Å². The van der Waals surface area contributed by atoms with Gasteiger partial charge in [-0.15, -0.1) is 0 Å². The van der Waals surface area contributed by atoms with Gasteiger partial charge in [-0.1, -0.05) is 32.4 Å². The quantitative estimate of drug-likeness (QED) is 0.808. The van der Waals surface area contributed by atoms with Crippen LogP contribution in [0.2, 0.25) is 0 Å². The lowest BCUT2D eigenvalue weighted by atomic mass is 10.2. The van der Waals surface area contributed by atoms with Gasteiger partial charge in [-0.2, -0.15) is 0 Å². The van der Waals surface area contributed by atoms with Gasteiger partial charge in [0.05, 0.1) is 11.4 Å². The maximum atomic E-state index is 13.5. The molecule has 2 atom stereocenters. The first-order valence-electron chi connectivity index (χ1n) is 5.42. The molecule has 1 aromatic rings. The van der Waals surface area contributed by atoms with Crippen molar-refractivity contribution < 1.29 is 8.60 Å². The Hall–Kier alpha value is -0.900. The van der Waals surface area contributed by atoms with Gasteiger partial charge in [0.25, 0.3) is 0 Å². The molecule has 1 rings (SSSR count). The van der Waals surface area contributed by atoms with E-state index < -0.39 is 16.6 Å². The topological polar surface area (TPSA) is 43.1 Å². The Kier molecular flexibility index (Phi) is 4.93. The lowest BCUT2D eigenvalue weighted by Crippen LogP contribution is -2.10. The van der Waals surface area contributed by atoms with E-state index in [-0.39, 0.29) is 11.4 Å². The monoisotopic (exact) mass is 243 g/mol. The minimum absolute atomic E-state index is 0.123. The van der Waals surface area contributed by atoms with Crippen molar-refractivity contribution in [2.45, 2.75) is 26.0 Å². The van der Waals surface area contributed by atoms with E-state index in [1.54, 1.807) is 12.1 Å². The SMILES string of the molecule is CCC(C)CS(=O)Cc1cccc(N)c1F. The summed E-state index contributed by atoms with van der Waals surface area (Å²) in [6.07, 6.45) is 0.991. The molecule has 0 aliphatic heterocycles. The van der Waals surface area contributed by atoms with Gasteiger partial charge in [0, 0.05) is 22.1 Å². The van der Waals surface area contributed by atoms with Crippen molar-refractivity contribution in [3.05, 3.63) is 29.6 Å². The first kappa shape index (κ1) is 13.2. The van der Waals surface area contributed by atoms with Crippen LogP contribution < -0.4 is 5.73 Å². The molecule has 2 N–H and O–H groups in total. The fraction of sp³-hybridized carbons (Fsp3) is 0.500. The maximum absolute atomic E-state index is 13.5. The molecule has 2 unspecified atom stereocenters. The van der Waals surface area contributed by atoms with Crippen molar-refractivity contribution in [2.75, 3.05) is 11.5 Å². The smallest absolute Gasteiger partial charge is 0.150 e. The third-order valence-electron chi connectivity index (χ3n) is 2.59. The van der Waals surface area contributed by atoms with Gasteiger partial charge in [0.15, 0.2) is 0 Å². The van der Waals surface area contributed by atoms with Gasteiger partial charge in [-0.05, 0) is 12.0 Å². The number of nitrogens with two attached hydrogens (primary N) is 1. The molecule has 90 valence electrons. The molecule has 4 heteroatoms. The highest BCUT2D eigenvalue weighted by molar-refractivity contribution is 7.84. The average Bonchev–Trinajstić information content (AvgIpc) is 2.24. The van der Waals surface area contributed by atoms with Crippen LogP contribution in [0.15, 0.2) is 18.2 Å². The van der Waals surface area contributed by atoms with Gasteiger partial charge in [0.1, 0.15) is 5.82 Å². The molecular formula is C12H18FNOS. The normalized spacial score (nSPS) is 14.7. The molecule has 0 aliphatic carbocycles. The molecule has 0 amide bonds. The van der Waals surface area contributed by atoms with Gasteiger partial charge >= 0.3 is 0 Å². The summed E-state index contributed by atoms with van der Waals surface area (Å²) < 4.78 is 25.3. The summed E-state index contributed by atoms with van der Waals surface area (Å²) in [4.78, 5) is 0. The van der Waals surface area contributed by atoms with Crippen molar-refractivity contribution in [1.29, 1.82) is 0 Å². The molecule has 0 radical (unpaired) electrons. The molecule has 16 heavy (non-hydrogen) atoms. The van der Waals surface area contributed by atoms with Crippen LogP contribution in [0.5, 0.6) is 0 Å². The third-order valence-corrected chi connectivity index (χ3v) is 4.17. The van der Waals surface area contributed by atoms with E-state index in [2.05, 4.69) is 6.92 Å². The maximum Gasteiger partial charge on any atom is 0.150 e. The fourth-order valence-electron chi connectivity index (χ4n) is 1.38. The van der Waals surface area contributed by atoms with Crippen LogP contribution in [0, 0.1) is 11.7 Å². The summed E-state index contributed by atoms with van der Waals surface area (Å²) in [5.74, 6) is 0.844. The summed E-state index contributed by atoms with van der Waals surface area (Å²) in [5, 5.41) is 0. The highest BCUT2D eigenvalue weighted by Crippen LogP contribution is 2.17. The molecule has 0 spiro atoms. The molecule has 2 nitrogen and oxygen atoms in total. The molecule has 0 aromatic heterocycles. The highest BCUT2D eigenvalue weighted by Gasteiger charge is 2.11. The summed E-state index contributed by atoms with van der Waals surface area (Å²) >= 11 is 0. The molecular weight excluding hydrogens is 225 g/mol. The summed E-state index contributed by atoms with van der Waals surface area (Å²) in [6.45, 7) is 4.11. The number of benzene rings is 1. The number of nitrogen functional groups attached to an aromatic ring is 1. The molecule has 0 bridgehead atoms. The molecule has 1 aromatic carbocycles. The number of hydrogen-bond acceptors (Lipinski definition) is 2. The first-order valence-corrected chi connectivity index (χ1v) is 6.91. The highest BCUT2D eigenvalue weighted by atomic mass is 32.2. The Morgan fingerprint density at radius 2 is 2.19 bits per heavy atom. The average molecular weight is 243 g/mol. The van der Waals surface area contributed by atoms with Crippen LogP contribution in [0.25, 0.3) is 0 Å². The number of hydrogen-bond donors (Lipinski definition) is 1. The van der Waals surface area contributed by atoms with Gasteiger partial charge in [0.2, 0.25) is 0 Å². The second kappa shape index (κ2) is 5.99. The van der Waals surface area contributed by atoms with Crippen LogP contribution in [0.1, 0.15) is 25.8 Å². The fourth-order valence-corrected chi connectivity index (χ4v) is 2.94. The summed E-state index contributed by atoms with van der Waals surface area (Å²) in [7, 11) is -1.02. The Morgan fingerprint density at radius 3 is 2.81 bits per heavy atom. The Balaban J connectivity index is 2.66. The van der Waals surface area contributed by atoms with E-state index in [0.29, 0.717) is 17.2 Å². The summed E-state index contributed by atoms with van der Waals surface area (Å²) in [5.41, 5.74) is 6.02. The number of halogens is 1. The van der Waals surface area contributed by atoms with Crippen molar-refractivity contribution >= 4 is 16.5 Å². The van der Waals surface area contributed by atoms with Gasteiger partial charge in [-0.3, -0.25) is 4.21 Å². The van der Waals surface area contributed by atoms with Gasteiger partial charge in [-0.25, -0.2) is 4.39 Å². The Labute approximate surface area is 98.5 Å². The predicted octanol–water partition coefficient (Wildman–Crippen LogP) is 2.70. The van der Waals surface area contributed by atoms with Crippen molar-refractivity contribution in [1.82, 2.24) is 0 Å². The Bertz CT molecular complexity index is 381.